The molecule has 184 valence electrons. The van der Waals surface area contributed by atoms with E-state index in [-0.39, 0.29) is 11.7 Å². The lowest BCUT2D eigenvalue weighted by Crippen LogP contribution is -2.41. The zero-order valence-electron chi connectivity index (χ0n) is 19.3. The van der Waals surface area contributed by atoms with Crippen molar-refractivity contribution in [1.82, 2.24) is 20.2 Å². The van der Waals surface area contributed by atoms with Gasteiger partial charge in [0.25, 0.3) is 5.91 Å². The van der Waals surface area contributed by atoms with Crippen molar-refractivity contribution in [3.8, 4) is 5.69 Å². The molecule has 0 spiro atoms. The van der Waals surface area contributed by atoms with Crippen molar-refractivity contribution < 1.29 is 9.18 Å². The number of carbonyl (C=O) groups is 1. The Labute approximate surface area is 222 Å². The molecular weight excluding hydrogens is 518 g/mol. The average molecular weight is 541 g/mol. The van der Waals surface area contributed by atoms with E-state index in [1.807, 2.05) is 17.2 Å². The quantitative estimate of drug-likeness (QED) is 0.397. The number of hydrogen-bond acceptors (Lipinski definition) is 4. The molecule has 2 unspecified atom stereocenters. The highest BCUT2D eigenvalue weighted by molar-refractivity contribution is 7.99. The van der Waals surface area contributed by atoms with E-state index in [9.17, 15) is 9.18 Å². The largest absolute Gasteiger partial charge is 0.286 e. The lowest BCUT2D eigenvalue weighted by Gasteiger charge is -2.19. The summed E-state index contributed by atoms with van der Waals surface area (Å²) in [6, 6.07) is 11.6. The minimum atomic E-state index is -0.283. The van der Waals surface area contributed by atoms with Gasteiger partial charge in [0, 0.05) is 35.2 Å². The number of nitrogens with one attached hydrogen (secondary N) is 1. The third-order valence-corrected chi connectivity index (χ3v) is 8.47. The number of carbonyl (C=O) groups excluding carboxylic acids is 1. The number of nitrogens with zero attached hydrogens (tertiary/aromatic N) is 3. The molecule has 1 aliphatic carbocycles. The number of thioether (sulfide) groups is 1. The molecule has 0 bridgehead atoms. The summed E-state index contributed by atoms with van der Waals surface area (Å²) >= 11 is 14.5. The second kappa shape index (κ2) is 9.71. The first-order valence-corrected chi connectivity index (χ1v) is 13.7. The molecule has 2 aliphatic heterocycles. The van der Waals surface area contributed by atoms with E-state index < -0.39 is 0 Å². The van der Waals surface area contributed by atoms with Crippen molar-refractivity contribution >= 4 is 52.5 Å². The van der Waals surface area contributed by atoms with Crippen molar-refractivity contribution in [2.24, 2.45) is 11.8 Å². The molecule has 3 heterocycles. The van der Waals surface area contributed by atoms with Crippen molar-refractivity contribution in [3.63, 3.8) is 0 Å². The maximum absolute atomic E-state index is 13.5. The normalized spacial score (nSPS) is 22.1. The van der Waals surface area contributed by atoms with Crippen LogP contribution in [0.1, 0.15) is 33.7 Å². The van der Waals surface area contributed by atoms with Crippen LogP contribution in [0.15, 0.2) is 54.6 Å². The number of hydrazine groups is 1. The number of allylic oxidation sites excluding steroid dienone is 1. The molecule has 0 radical (unpaired) electrons. The van der Waals surface area contributed by atoms with Crippen LogP contribution in [-0.2, 0) is 5.75 Å². The van der Waals surface area contributed by atoms with E-state index in [0.717, 1.165) is 47.7 Å². The van der Waals surface area contributed by atoms with Gasteiger partial charge in [-0.05, 0) is 65.8 Å². The smallest absolute Gasteiger partial charge is 0.283 e. The molecule has 1 amide bonds. The van der Waals surface area contributed by atoms with Gasteiger partial charge in [0.1, 0.15) is 5.82 Å². The fraction of sp³-hybridized carbons (Fsp3) is 0.259. The summed E-state index contributed by atoms with van der Waals surface area (Å²) in [5, 5.41) is 7.77. The predicted molar refractivity (Wildman–Crippen MR) is 144 cm³/mol. The molecule has 6 rings (SSSR count). The molecule has 2 atom stereocenters. The van der Waals surface area contributed by atoms with Crippen molar-refractivity contribution in [1.29, 1.82) is 0 Å². The molecule has 3 aromatic rings. The predicted octanol–water partition coefficient (Wildman–Crippen LogP) is 6.26. The van der Waals surface area contributed by atoms with Gasteiger partial charge in [-0.1, -0.05) is 47.5 Å². The van der Waals surface area contributed by atoms with Crippen LogP contribution < -0.4 is 5.43 Å². The zero-order valence-corrected chi connectivity index (χ0v) is 21.6. The lowest BCUT2D eigenvalue weighted by atomic mass is 10.0. The summed E-state index contributed by atoms with van der Waals surface area (Å²) in [4.78, 5) is 13.5. The molecule has 3 aliphatic rings. The van der Waals surface area contributed by atoms with Gasteiger partial charge < -0.3 is 0 Å². The number of rotatable bonds is 4. The van der Waals surface area contributed by atoms with Crippen LogP contribution >= 0.6 is 35.0 Å². The fourth-order valence-corrected chi connectivity index (χ4v) is 6.72. The fourth-order valence-electron chi connectivity index (χ4n) is 5.21. The molecular formula is C27H23Cl2FN4OS. The summed E-state index contributed by atoms with van der Waals surface area (Å²) in [5.74, 6) is 1.93. The van der Waals surface area contributed by atoms with Crippen molar-refractivity contribution in [2.45, 2.75) is 12.2 Å². The second-order valence-electron chi connectivity index (χ2n) is 9.33. The van der Waals surface area contributed by atoms with Crippen molar-refractivity contribution in [2.75, 3.05) is 18.8 Å². The Morgan fingerprint density at radius 3 is 2.75 bits per heavy atom. The van der Waals surface area contributed by atoms with Crippen LogP contribution in [0.4, 0.5) is 4.39 Å². The first-order chi connectivity index (χ1) is 17.5. The SMILES string of the molecule is O=C(NN1CC2C=CCC2C1)c1nn(-c2ccc(Cl)cc2Cl)c2c1CSCC2=Cc1ccc(F)cc1. The molecule has 1 fully saturated rings. The Morgan fingerprint density at radius 1 is 1.14 bits per heavy atom. The number of halogens is 3. The lowest BCUT2D eigenvalue weighted by molar-refractivity contribution is 0.0812. The first kappa shape index (κ1) is 23.8. The Balaban J connectivity index is 1.41. The average Bonchev–Trinajstić information content (AvgIpc) is 3.55. The number of benzene rings is 2. The molecule has 1 saturated heterocycles. The molecule has 0 saturated carbocycles. The van der Waals surface area contributed by atoms with E-state index in [4.69, 9.17) is 28.3 Å². The highest BCUT2D eigenvalue weighted by Crippen LogP contribution is 2.39. The van der Waals surface area contributed by atoms with Gasteiger partial charge in [0.05, 0.1) is 16.4 Å². The van der Waals surface area contributed by atoms with Crippen LogP contribution in [0.3, 0.4) is 0 Å². The second-order valence-corrected chi connectivity index (χ2v) is 11.2. The minimum absolute atomic E-state index is 0.220. The van der Waals surface area contributed by atoms with Crippen LogP contribution in [-0.4, -0.2) is 39.5 Å². The Hall–Kier alpha value is -2.58. The maximum atomic E-state index is 13.5. The Morgan fingerprint density at radius 2 is 1.97 bits per heavy atom. The van der Waals surface area contributed by atoms with Gasteiger partial charge in [-0.2, -0.15) is 16.9 Å². The van der Waals surface area contributed by atoms with Gasteiger partial charge in [0.2, 0.25) is 0 Å². The van der Waals surface area contributed by atoms with Crippen LogP contribution in [0.5, 0.6) is 0 Å². The molecule has 5 nitrogen and oxygen atoms in total. The zero-order chi connectivity index (χ0) is 24.8. The Kier molecular flexibility index (Phi) is 6.42. The van der Waals surface area contributed by atoms with E-state index in [2.05, 4.69) is 17.6 Å². The monoisotopic (exact) mass is 540 g/mol. The molecule has 1 aromatic heterocycles. The molecule has 36 heavy (non-hydrogen) atoms. The van der Waals surface area contributed by atoms with Gasteiger partial charge in [0.15, 0.2) is 5.69 Å². The van der Waals surface area contributed by atoms with Crippen molar-refractivity contribution in [3.05, 3.63) is 93.0 Å². The third kappa shape index (κ3) is 4.50. The number of hydrogen-bond donors (Lipinski definition) is 1. The summed E-state index contributed by atoms with van der Waals surface area (Å²) in [7, 11) is 0. The van der Waals surface area contributed by atoms with Gasteiger partial charge in [-0.25, -0.2) is 14.1 Å². The maximum Gasteiger partial charge on any atom is 0.286 e. The first-order valence-electron chi connectivity index (χ1n) is 11.8. The van der Waals surface area contributed by atoms with Gasteiger partial charge >= 0.3 is 0 Å². The summed E-state index contributed by atoms with van der Waals surface area (Å²) < 4.78 is 15.2. The number of amides is 1. The van der Waals surface area contributed by atoms with Crippen LogP contribution in [0.2, 0.25) is 10.0 Å². The number of aromatic nitrogens is 2. The summed E-state index contributed by atoms with van der Waals surface area (Å²) in [5.41, 5.74) is 7.70. The summed E-state index contributed by atoms with van der Waals surface area (Å²) in [6.07, 6.45) is 7.56. The minimum Gasteiger partial charge on any atom is -0.283 e. The highest BCUT2D eigenvalue weighted by atomic mass is 35.5. The molecule has 2 aromatic carbocycles. The van der Waals surface area contributed by atoms with E-state index >= 15 is 0 Å². The number of fused-ring (bicyclic) bond motifs is 2. The topological polar surface area (TPSA) is 50.2 Å². The summed E-state index contributed by atoms with van der Waals surface area (Å²) in [6.45, 7) is 1.64. The Bertz CT molecular complexity index is 1400. The van der Waals surface area contributed by atoms with E-state index in [1.54, 1.807) is 40.7 Å². The highest BCUT2D eigenvalue weighted by Gasteiger charge is 2.35. The van der Waals surface area contributed by atoms with Crippen LogP contribution in [0, 0.1) is 17.7 Å². The van der Waals surface area contributed by atoms with E-state index in [0.29, 0.717) is 39.0 Å². The standard InChI is InChI=1S/C27H23Cl2FN4OS/c28-20-6-9-24(23(29)11-20)34-26-19(10-16-4-7-21(30)8-5-16)14-36-15-22(26)25(31-34)27(35)32-33-12-17-2-1-3-18(17)13-33/h1-2,4-11,17-18H,3,12-15H2,(H,32,35). The third-order valence-electron chi connectivity index (χ3n) is 6.93. The van der Waals surface area contributed by atoms with E-state index in [1.165, 1.54) is 12.1 Å². The van der Waals surface area contributed by atoms with Gasteiger partial charge in [-0.15, -0.1) is 0 Å². The molecule has 9 heteroatoms. The van der Waals surface area contributed by atoms with Crippen LogP contribution in [0.25, 0.3) is 17.3 Å². The molecule has 1 N–H and O–H groups in total. The van der Waals surface area contributed by atoms with Gasteiger partial charge in [-0.3, -0.25) is 10.2 Å².